The summed E-state index contributed by atoms with van der Waals surface area (Å²) in [5.74, 6) is 0. The van der Waals surface area contributed by atoms with Crippen LogP contribution >= 0.6 is 0 Å². The van der Waals surface area contributed by atoms with Crippen molar-refractivity contribution >= 4 is 61.5 Å². The molecule has 0 spiro atoms. The predicted octanol–water partition coefficient (Wildman–Crippen LogP) is -0.257. The van der Waals surface area contributed by atoms with E-state index in [0.717, 1.165) is 0 Å². The Bertz CT molecular complexity index is 377. The molecule has 3 N–H and O–H groups in total. The summed E-state index contributed by atoms with van der Waals surface area (Å²) in [6.45, 7) is 0.253. The van der Waals surface area contributed by atoms with Crippen LogP contribution in [-0.4, -0.2) is 64.4 Å². The third-order valence-corrected chi connectivity index (χ3v) is 2.28. The number of nitrogens with two attached hydrogens (primary N) is 1. The van der Waals surface area contributed by atoms with Gasteiger partial charge in [0.1, 0.15) is 0 Å². The fourth-order valence-electron chi connectivity index (χ4n) is 0.833. The van der Waals surface area contributed by atoms with Crippen molar-refractivity contribution in [1.82, 2.24) is 0 Å². The second kappa shape index (κ2) is 5.57. The van der Waals surface area contributed by atoms with Gasteiger partial charge >= 0.3 is 51.4 Å². The van der Waals surface area contributed by atoms with Gasteiger partial charge in [0.15, 0.2) is 0 Å². The third kappa shape index (κ3) is 4.18. The van der Waals surface area contributed by atoms with Crippen molar-refractivity contribution in [2.24, 2.45) is 5.73 Å². The first-order valence-corrected chi connectivity index (χ1v) is 4.74. The summed E-state index contributed by atoms with van der Waals surface area (Å²) in [5, 5.41) is 0. The van der Waals surface area contributed by atoms with Crippen LogP contribution in [0.1, 0.15) is 5.56 Å². The Morgan fingerprint density at radius 1 is 1.38 bits per heavy atom. The average Bonchev–Trinajstić information content (AvgIpc) is 2.03. The minimum absolute atomic E-state index is 0. The summed E-state index contributed by atoms with van der Waals surface area (Å²) in [6, 6.07) is 5.88. The zero-order valence-corrected chi connectivity index (χ0v) is 7.08. The van der Waals surface area contributed by atoms with Gasteiger partial charge in [-0.15, -0.1) is 0 Å². The molecule has 68 valence electrons. The van der Waals surface area contributed by atoms with Crippen LogP contribution in [-0.2, 0) is 16.7 Å². The summed E-state index contributed by atoms with van der Waals surface area (Å²) in [5.41, 5.74) is 5.96. The van der Waals surface area contributed by atoms with Crippen molar-refractivity contribution < 1.29 is 13.0 Å². The van der Waals surface area contributed by atoms with E-state index >= 15 is 0 Å². The van der Waals surface area contributed by atoms with Crippen LogP contribution in [0.5, 0.6) is 0 Å². The van der Waals surface area contributed by atoms with Crippen LogP contribution in [0.2, 0.25) is 0 Å². The molecule has 0 bridgehead atoms. The van der Waals surface area contributed by atoms with Gasteiger partial charge in [0.2, 0.25) is 0 Å². The molecule has 0 aliphatic rings. The van der Waals surface area contributed by atoms with Gasteiger partial charge in [-0.2, -0.15) is 8.42 Å². The SMILES string of the molecule is NCc1cccc(S(=O)(=O)O)c1.[KH]. The molecule has 0 aliphatic heterocycles. The zero-order chi connectivity index (χ0) is 9.19. The molecule has 0 aliphatic carbocycles. The van der Waals surface area contributed by atoms with Gasteiger partial charge in [-0.25, -0.2) is 0 Å². The Morgan fingerprint density at radius 3 is 2.46 bits per heavy atom. The van der Waals surface area contributed by atoms with E-state index in [2.05, 4.69) is 0 Å². The average molecular weight is 227 g/mol. The first-order valence-electron chi connectivity index (χ1n) is 3.30. The minimum atomic E-state index is -4.09. The summed E-state index contributed by atoms with van der Waals surface area (Å²) < 4.78 is 29.9. The zero-order valence-electron chi connectivity index (χ0n) is 6.27. The molecule has 0 atom stereocenters. The van der Waals surface area contributed by atoms with E-state index in [4.69, 9.17) is 10.3 Å². The van der Waals surface area contributed by atoms with Crippen LogP contribution in [0, 0.1) is 0 Å². The van der Waals surface area contributed by atoms with E-state index in [1.807, 2.05) is 0 Å². The molecule has 1 aromatic rings. The van der Waals surface area contributed by atoms with E-state index in [1.165, 1.54) is 18.2 Å². The monoisotopic (exact) mass is 227 g/mol. The van der Waals surface area contributed by atoms with E-state index < -0.39 is 10.1 Å². The van der Waals surface area contributed by atoms with Crippen LogP contribution in [0.3, 0.4) is 0 Å². The van der Waals surface area contributed by atoms with Gasteiger partial charge in [0, 0.05) is 6.54 Å². The van der Waals surface area contributed by atoms with Crippen molar-refractivity contribution in [2.75, 3.05) is 0 Å². The van der Waals surface area contributed by atoms with Crippen LogP contribution in [0.15, 0.2) is 29.2 Å². The first-order chi connectivity index (χ1) is 5.54. The Hall–Kier alpha value is 0.726. The Kier molecular flexibility index (Phi) is 5.88. The molecule has 0 fully saturated rings. The molecule has 0 unspecified atom stereocenters. The van der Waals surface area contributed by atoms with Crippen LogP contribution in [0.25, 0.3) is 0 Å². The quantitative estimate of drug-likeness (QED) is 0.539. The maximum atomic E-state index is 10.6. The molecule has 4 nitrogen and oxygen atoms in total. The van der Waals surface area contributed by atoms with E-state index in [9.17, 15) is 8.42 Å². The Morgan fingerprint density at radius 2 is 2.00 bits per heavy atom. The number of hydrogen-bond acceptors (Lipinski definition) is 3. The predicted molar refractivity (Wildman–Crippen MR) is 51.3 cm³/mol. The van der Waals surface area contributed by atoms with E-state index in [1.54, 1.807) is 6.07 Å². The van der Waals surface area contributed by atoms with Gasteiger partial charge in [-0.05, 0) is 17.7 Å². The van der Waals surface area contributed by atoms with Gasteiger partial charge in [-0.3, -0.25) is 4.55 Å². The summed E-state index contributed by atoms with van der Waals surface area (Å²) >= 11 is 0. The van der Waals surface area contributed by atoms with Crippen LogP contribution < -0.4 is 5.73 Å². The number of benzene rings is 1. The van der Waals surface area contributed by atoms with Crippen molar-refractivity contribution in [2.45, 2.75) is 11.4 Å². The van der Waals surface area contributed by atoms with Gasteiger partial charge in [0.25, 0.3) is 10.1 Å². The van der Waals surface area contributed by atoms with Gasteiger partial charge in [-0.1, -0.05) is 12.1 Å². The molecule has 13 heavy (non-hydrogen) atoms. The standard InChI is InChI=1S/C7H9NO3S.K.H/c8-5-6-2-1-3-7(4-6)12(9,10)11;;/h1-4H,5,8H2,(H,9,10,11);;. The molecule has 1 rings (SSSR count). The van der Waals surface area contributed by atoms with Crippen molar-refractivity contribution in [3.63, 3.8) is 0 Å². The molecule has 0 amide bonds. The van der Waals surface area contributed by atoms with Crippen molar-refractivity contribution in [3.05, 3.63) is 29.8 Å². The summed E-state index contributed by atoms with van der Waals surface area (Å²) in [4.78, 5) is -0.120. The van der Waals surface area contributed by atoms with Gasteiger partial charge < -0.3 is 5.73 Å². The molecule has 0 heterocycles. The van der Waals surface area contributed by atoms with Crippen molar-refractivity contribution in [3.8, 4) is 0 Å². The Labute approximate surface area is 120 Å². The van der Waals surface area contributed by atoms with Crippen molar-refractivity contribution in [1.29, 1.82) is 0 Å². The maximum absolute atomic E-state index is 10.6. The van der Waals surface area contributed by atoms with E-state index in [-0.39, 0.29) is 62.8 Å². The fraction of sp³-hybridized carbons (Fsp3) is 0.143. The summed E-state index contributed by atoms with van der Waals surface area (Å²) in [6.07, 6.45) is 0. The molecule has 0 aromatic heterocycles. The topological polar surface area (TPSA) is 80.4 Å². The molecule has 1 aromatic carbocycles. The van der Waals surface area contributed by atoms with Gasteiger partial charge in [0.05, 0.1) is 4.90 Å². The number of rotatable bonds is 2. The Balaban J connectivity index is 0.00000144. The van der Waals surface area contributed by atoms with E-state index in [0.29, 0.717) is 5.56 Å². The molecular formula is C7H10KNO3S. The number of hydrogen-bond donors (Lipinski definition) is 2. The second-order valence-corrected chi connectivity index (χ2v) is 3.75. The fourth-order valence-corrected chi connectivity index (χ4v) is 1.38. The molecule has 6 heteroatoms. The molecular weight excluding hydrogens is 217 g/mol. The molecule has 0 saturated heterocycles. The third-order valence-electron chi connectivity index (χ3n) is 1.43. The molecule has 0 saturated carbocycles. The second-order valence-electron chi connectivity index (χ2n) is 2.33. The first kappa shape index (κ1) is 13.7. The van der Waals surface area contributed by atoms with Crippen LogP contribution in [0.4, 0.5) is 0 Å². The normalized spacial score (nSPS) is 10.6. The summed E-state index contributed by atoms with van der Waals surface area (Å²) in [7, 11) is -4.09. The molecule has 0 radical (unpaired) electrons.